The highest BCUT2D eigenvalue weighted by molar-refractivity contribution is 5.46. The SMILES string of the molecule is CCC1CCN(Cc2cccc(OC)c2OCC(O)CN2CCOCC2)CC1. The molecule has 2 fully saturated rings. The molecule has 2 aliphatic heterocycles. The normalized spacial score (nSPS) is 20.8. The third-order valence-electron chi connectivity index (χ3n) is 5.95. The first-order valence-corrected chi connectivity index (χ1v) is 10.7. The quantitative estimate of drug-likeness (QED) is 0.696. The Morgan fingerprint density at radius 2 is 1.89 bits per heavy atom. The summed E-state index contributed by atoms with van der Waals surface area (Å²) in [7, 11) is 1.67. The van der Waals surface area contributed by atoms with Gasteiger partial charge in [-0.05, 0) is 37.9 Å². The monoisotopic (exact) mass is 392 g/mol. The van der Waals surface area contributed by atoms with E-state index >= 15 is 0 Å². The molecule has 1 atom stereocenters. The summed E-state index contributed by atoms with van der Waals surface area (Å²) in [6.07, 6.45) is 3.29. The Hall–Kier alpha value is -1.34. The summed E-state index contributed by atoms with van der Waals surface area (Å²) in [5.41, 5.74) is 1.13. The van der Waals surface area contributed by atoms with Gasteiger partial charge in [0.25, 0.3) is 0 Å². The van der Waals surface area contributed by atoms with Crippen molar-refractivity contribution in [1.82, 2.24) is 9.80 Å². The van der Waals surface area contributed by atoms with Crippen molar-refractivity contribution >= 4 is 0 Å². The van der Waals surface area contributed by atoms with Crippen LogP contribution in [0.3, 0.4) is 0 Å². The van der Waals surface area contributed by atoms with E-state index < -0.39 is 6.10 Å². The first-order chi connectivity index (χ1) is 13.7. The van der Waals surface area contributed by atoms with E-state index in [9.17, 15) is 5.11 Å². The summed E-state index contributed by atoms with van der Waals surface area (Å²) in [4.78, 5) is 4.72. The molecular formula is C22H36N2O4. The predicted octanol–water partition coefficient (Wildman–Crippen LogP) is 2.39. The van der Waals surface area contributed by atoms with E-state index in [2.05, 4.69) is 22.8 Å². The highest BCUT2D eigenvalue weighted by atomic mass is 16.5. The van der Waals surface area contributed by atoms with Gasteiger partial charge in [0.05, 0.1) is 20.3 Å². The third-order valence-corrected chi connectivity index (χ3v) is 5.95. The van der Waals surface area contributed by atoms with Crippen molar-refractivity contribution in [3.8, 4) is 11.5 Å². The van der Waals surface area contributed by atoms with Crippen LogP contribution in [0.1, 0.15) is 31.7 Å². The molecule has 0 amide bonds. The maximum atomic E-state index is 10.4. The molecule has 0 radical (unpaired) electrons. The molecule has 0 aromatic heterocycles. The van der Waals surface area contributed by atoms with Crippen LogP contribution in [-0.4, -0.2) is 80.7 Å². The fourth-order valence-corrected chi connectivity index (χ4v) is 4.12. The smallest absolute Gasteiger partial charge is 0.165 e. The van der Waals surface area contributed by atoms with E-state index in [4.69, 9.17) is 14.2 Å². The number of para-hydroxylation sites is 1. The van der Waals surface area contributed by atoms with Gasteiger partial charge in [-0.1, -0.05) is 25.5 Å². The molecule has 1 aromatic rings. The first kappa shape index (κ1) is 21.4. The Bertz CT molecular complexity index is 584. The molecule has 0 saturated carbocycles. The number of aliphatic hydroxyl groups is 1. The maximum Gasteiger partial charge on any atom is 0.165 e. The van der Waals surface area contributed by atoms with Crippen molar-refractivity contribution in [2.45, 2.75) is 38.8 Å². The first-order valence-electron chi connectivity index (χ1n) is 10.7. The fourth-order valence-electron chi connectivity index (χ4n) is 4.12. The van der Waals surface area contributed by atoms with Gasteiger partial charge in [0.2, 0.25) is 0 Å². The minimum absolute atomic E-state index is 0.267. The highest BCUT2D eigenvalue weighted by Gasteiger charge is 2.21. The van der Waals surface area contributed by atoms with Gasteiger partial charge in [0.15, 0.2) is 11.5 Å². The Kier molecular flexibility index (Phi) is 8.40. The number of likely N-dealkylation sites (tertiary alicyclic amines) is 1. The number of hydrogen-bond acceptors (Lipinski definition) is 6. The third kappa shape index (κ3) is 6.08. The van der Waals surface area contributed by atoms with Crippen molar-refractivity contribution in [2.75, 3.05) is 59.7 Å². The second-order valence-corrected chi connectivity index (χ2v) is 7.95. The van der Waals surface area contributed by atoms with Crippen molar-refractivity contribution in [3.05, 3.63) is 23.8 Å². The van der Waals surface area contributed by atoms with Crippen LogP contribution in [0.25, 0.3) is 0 Å². The van der Waals surface area contributed by atoms with Gasteiger partial charge in [0, 0.05) is 31.7 Å². The number of β-amino-alcohol motifs (C(OH)–C–C–N with tert-alkyl or cyclic N) is 1. The molecule has 6 heteroatoms. The predicted molar refractivity (Wildman–Crippen MR) is 110 cm³/mol. The summed E-state index contributed by atoms with van der Waals surface area (Å²) in [5, 5.41) is 10.4. The second-order valence-electron chi connectivity index (χ2n) is 7.95. The number of nitrogens with zero attached hydrogens (tertiary/aromatic N) is 2. The van der Waals surface area contributed by atoms with E-state index in [1.165, 1.54) is 19.3 Å². The molecule has 1 aromatic carbocycles. The van der Waals surface area contributed by atoms with Crippen LogP contribution in [0.4, 0.5) is 0 Å². The lowest BCUT2D eigenvalue weighted by Gasteiger charge is -2.32. The molecule has 2 heterocycles. The van der Waals surface area contributed by atoms with Gasteiger partial charge in [-0.3, -0.25) is 9.80 Å². The average Bonchev–Trinajstić information content (AvgIpc) is 2.74. The second kappa shape index (κ2) is 11.0. The molecule has 0 aliphatic carbocycles. The van der Waals surface area contributed by atoms with Crippen molar-refractivity contribution < 1.29 is 19.3 Å². The van der Waals surface area contributed by atoms with E-state index in [0.29, 0.717) is 6.54 Å². The van der Waals surface area contributed by atoms with E-state index in [1.807, 2.05) is 12.1 Å². The summed E-state index contributed by atoms with van der Waals surface area (Å²) < 4.78 is 17.0. The van der Waals surface area contributed by atoms with Crippen LogP contribution < -0.4 is 9.47 Å². The van der Waals surface area contributed by atoms with Gasteiger partial charge in [-0.25, -0.2) is 0 Å². The Morgan fingerprint density at radius 1 is 1.14 bits per heavy atom. The number of benzene rings is 1. The van der Waals surface area contributed by atoms with E-state index in [-0.39, 0.29) is 6.61 Å². The van der Waals surface area contributed by atoms with Crippen LogP contribution in [0.2, 0.25) is 0 Å². The van der Waals surface area contributed by atoms with Crippen LogP contribution in [-0.2, 0) is 11.3 Å². The van der Waals surface area contributed by atoms with Gasteiger partial charge in [-0.15, -0.1) is 0 Å². The van der Waals surface area contributed by atoms with Crippen molar-refractivity contribution in [3.63, 3.8) is 0 Å². The van der Waals surface area contributed by atoms with E-state index in [1.54, 1.807) is 7.11 Å². The molecule has 1 N–H and O–H groups in total. The minimum atomic E-state index is -0.531. The lowest BCUT2D eigenvalue weighted by atomic mass is 9.94. The number of ether oxygens (including phenoxy) is 3. The number of hydrogen-bond donors (Lipinski definition) is 1. The van der Waals surface area contributed by atoms with Gasteiger partial charge in [0.1, 0.15) is 12.7 Å². The zero-order valence-corrected chi connectivity index (χ0v) is 17.4. The van der Waals surface area contributed by atoms with Crippen LogP contribution in [0.5, 0.6) is 11.5 Å². The molecule has 2 saturated heterocycles. The number of rotatable bonds is 9. The zero-order chi connectivity index (χ0) is 19.8. The Morgan fingerprint density at radius 3 is 2.57 bits per heavy atom. The Labute approximate surface area is 169 Å². The summed E-state index contributed by atoms with van der Waals surface area (Å²) in [6, 6.07) is 6.05. The number of morpholine rings is 1. The molecular weight excluding hydrogens is 356 g/mol. The molecule has 6 nitrogen and oxygen atoms in total. The highest BCUT2D eigenvalue weighted by Crippen LogP contribution is 2.33. The van der Waals surface area contributed by atoms with Crippen LogP contribution in [0.15, 0.2) is 18.2 Å². The molecule has 2 aliphatic rings. The number of aliphatic hydroxyl groups excluding tert-OH is 1. The lowest BCUT2D eigenvalue weighted by molar-refractivity contribution is 0.00428. The summed E-state index contributed by atoms with van der Waals surface area (Å²) in [5.74, 6) is 2.37. The van der Waals surface area contributed by atoms with Crippen LogP contribution >= 0.6 is 0 Å². The number of methoxy groups -OCH3 is 1. The maximum absolute atomic E-state index is 10.4. The standard InChI is InChI=1S/C22H36N2O4/c1-3-18-7-9-23(10-8-18)15-19-5-4-6-21(26-2)22(19)28-17-20(25)16-24-11-13-27-14-12-24/h4-6,18,20,25H,3,7-17H2,1-2H3. The van der Waals surface area contributed by atoms with Gasteiger partial charge in [-0.2, -0.15) is 0 Å². The average molecular weight is 393 g/mol. The molecule has 0 bridgehead atoms. The van der Waals surface area contributed by atoms with Crippen molar-refractivity contribution in [1.29, 1.82) is 0 Å². The lowest BCUT2D eigenvalue weighted by Crippen LogP contribution is -2.42. The molecule has 3 rings (SSSR count). The molecule has 0 spiro atoms. The molecule has 28 heavy (non-hydrogen) atoms. The topological polar surface area (TPSA) is 54.4 Å². The van der Waals surface area contributed by atoms with Crippen LogP contribution in [0, 0.1) is 5.92 Å². The minimum Gasteiger partial charge on any atom is -0.493 e. The summed E-state index contributed by atoms with van der Waals surface area (Å²) >= 11 is 0. The van der Waals surface area contributed by atoms with Crippen molar-refractivity contribution in [2.24, 2.45) is 5.92 Å². The molecule has 158 valence electrons. The fraction of sp³-hybridized carbons (Fsp3) is 0.727. The largest absolute Gasteiger partial charge is 0.493 e. The zero-order valence-electron chi connectivity index (χ0n) is 17.4. The van der Waals surface area contributed by atoms with E-state index in [0.717, 1.165) is 68.9 Å². The number of piperidine rings is 1. The van der Waals surface area contributed by atoms with Gasteiger partial charge < -0.3 is 19.3 Å². The molecule has 1 unspecified atom stereocenters. The summed E-state index contributed by atoms with van der Waals surface area (Å²) in [6.45, 7) is 9.50. The Balaban J connectivity index is 1.57. The van der Waals surface area contributed by atoms with Gasteiger partial charge >= 0.3 is 0 Å².